The van der Waals surface area contributed by atoms with Gasteiger partial charge in [-0.15, -0.1) is 0 Å². The Morgan fingerprint density at radius 1 is 0.822 bits per heavy atom. The summed E-state index contributed by atoms with van der Waals surface area (Å²) in [5.74, 6) is -0.241. The first-order valence-electron chi connectivity index (χ1n) is 16.2. The van der Waals surface area contributed by atoms with Crippen LogP contribution in [-0.2, 0) is 21.4 Å². The maximum absolute atomic E-state index is 13.8. The van der Waals surface area contributed by atoms with Crippen molar-refractivity contribution in [2.24, 2.45) is 11.1 Å². The third kappa shape index (κ3) is 6.22. The highest BCUT2D eigenvalue weighted by Gasteiger charge is 2.54. The summed E-state index contributed by atoms with van der Waals surface area (Å²) in [7, 11) is 0. The average molecular weight is 612 g/mol. The number of nitrogens with two attached hydrogens (primary N) is 1. The predicted molar refractivity (Wildman–Crippen MR) is 172 cm³/mol. The van der Waals surface area contributed by atoms with Gasteiger partial charge in [0.25, 0.3) is 5.91 Å². The minimum absolute atomic E-state index is 0.156. The Morgan fingerprint density at radius 2 is 1.36 bits per heavy atom. The third-order valence-electron chi connectivity index (χ3n) is 10.2. The summed E-state index contributed by atoms with van der Waals surface area (Å²) in [5, 5.41) is 4.32. The molecular formula is C36H45N5O4. The number of ether oxygens (including phenoxy) is 1. The highest BCUT2D eigenvalue weighted by molar-refractivity contribution is 5.90. The number of carbonyl (C=O) groups is 3. The second-order valence-electron chi connectivity index (χ2n) is 14.3. The van der Waals surface area contributed by atoms with E-state index in [-0.39, 0.29) is 28.5 Å². The number of piperazine rings is 1. The van der Waals surface area contributed by atoms with Crippen molar-refractivity contribution in [3.8, 4) is 5.69 Å². The summed E-state index contributed by atoms with van der Waals surface area (Å²) in [6, 6.07) is 19.0. The normalized spacial score (nSPS) is 23.2. The summed E-state index contributed by atoms with van der Waals surface area (Å²) in [5.41, 5.74) is 10.6. The Hall–Kier alpha value is -4.14. The molecule has 9 heteroatoms. The monoisotopic (exact) mass is 611 g/mol. The van der Waals surface area contributed by atoms with Crippen molar-refractivity contribution in [3.05, 3.63) is 82.7 Å². The van der Waals surface area contributed by atoms with Crippen LogP contribution in [0.1, 0.15) is 92.2 Å². The van der Waals surface area contributed by atoms with E-state index >= 15 is 0 Å². The quantitative estimate of drug-likeness (QED) is 0.394. The molecular weight excluding hydrogens is 566 g/mol. The van der Waals surface area contributed by atoms with Gasteiger partial charge in [-0.1, -0.05) is 36.4 Å². The van der Waals surface area contributed by atoms with Crippen LogP contribution < -0.4 is 5.73 Å². The second-order valence-corrected chi connectivity index (χ2v) is 14.3. The van der Waals surface area contributed by atoms with E-state index in [1.54, 1.807) is 15.6 Å². The molecule has 238 valence electrons. The second kappa shape index (κ2) is 11.7. The highest BCUT2D eigenvalue weighted by Crippen LogP contribution is 2.58. The average Bonchev–Trinajstić information content (AvgIpc) is 3.43. The molecule has 3 aromatic rings. The maximum Gasteiger partial charge on any atom is 0.410 e. The highest BCUT2D eigenvalue weighted by atomic mass is 16.6. The zero-order chi connectivity index (χ0) is 32.0. The Bertz CT molecular complexity index is 1550. The van der Waals surface area contributed by atoms with Crippen LogP contribution in [0.5, 0.6) is 0 Å². The van der Waals surface area contributed by atoms with E-state index in [9.17, 15) is 14.4 Å². The molecule has 4 fully saturated rings. The first kappa shape index (κ1) is 30.9. The van der Waals surface area contributed by atoms with Crippen LogP contribution in [0.25, 0.3) is 5.69 Å². The molecule has 0 atom stereocenters. The van der Waals surface area contributed by atoms with Crippen LogP contribution in [-0.4, -0.2) is 69.3 Å². The van der Waals surface area contributed by atoms with Gasteiger partial charge >= 0.3 is 6.09 Å². The van der Waals surface area contributed by atoms with Crippen LogP contribution >= 0.6 is 0 Å². The number of amides is 3. The largest absolute Gasteiger partial charge is 0.444 e. The fourth-order valence-corrected chi connectivity index (χ4v) is 7.52. The number of rotatable bonds is 6. The van der Waals surface area contributed by atoms with Gasteiger partial charge in [0.2, 0.25) is 5.91 Å². The van der Waals surface area contributed by atoms with Crippen molar-refractivity contribution in [2.75, 3.05) is 26.2 Å². The molecule has 0 spiro atoms. The molecule has 1 saturated heterocycles. The molecule has 7 rings (SSSR count). The molecule has 4 aliphatic rings. The zero-order valence-electron chi connectivity index (χ0n) is 27.0. The molecule has 45 heavy (non-hydrogen) atoms. The molecule has 0 unspecified atom stereocenters. The minimum Gasteiger partial charge on any atom is -0.444 e. The van der Waals surface area contributed by atoms with E-state index in [1.165, 1.54) is 16.7 Å². The lowest BCUT2D eigenvalue weighted by Gasteiger charge is -2.54. The fraction of sp³-hybridized carbons (Fsp3) is 0.500. The van der Waals surface area contributed by atoms with Gasteiger partial charge in [-0.2, -0.15) is 5.10 Å². The van der Waals surface area contributed by atoms with Gasteiger partial charge in [0.1, 0.15) is 5.60 Å². The lowest BCUT2D eigenvalue weighted by molar-refractivity contribution is -0.151. The molecule has 0 radical (unpaired) electrons. The van der Waals surface area contributed by atoms with Gasteiger partial charge in [-0.25, -0.2) is 9.48 Å². The Morgan fingerprint density at radius 3 is 1.87 bits per heavy atom. The van der Waals surface area contributed by atoms with Crippen molar-refractivity contribution >= 4 is 17.9 Å². The molecule has 2 bridgehead atoms. The summed E-state index contributed by atoms with van der Waals surface area (Å²) in [4.78, 5) is 41.5. The number of hydrogen-bond donors (Lipinski definition) is 1. The van der Waals surface area contributed by atoms with E-state index in [0.717, 1.165) is 56.3 Å². The van der Waals surface area contributed by atoms with Gasteiger partial charge in [0.15, 0.2) is 5.69 Å². The topological polar surface area (TPSA) is 111 Å². The molecule has 2 N–H and O–H groups in total. The third-order valence-corrected chi connectivity index (χ3v) is 10.2. The number of aromatic nitrogens is 2. The maximum atomic E-state index is 13.8. The van der Waals surface area contributed by atoms with E-state index in [1.807, 2.05) is 44.7 Å². The van der Waals surface area contributed by atoms with Crippen LogP contribution in [0, 0.1) is 12.3 Å². The van der Waals surface area contributed by atoms with Gasteiger partial charge in [-0.3, -0.25) is 9.59 Å². The first-order valence-corrected chi connectivity index (χ1v) is 16.2. The number of primary amides is 1. The van der Waals surface area contributed by atoms with Gasteiger partial charge in [-0.05, 0) is 113 Å². The lowest BCUT2D eigenvalue weighted by atomic mass is 9.51. The summed E-state index contributed by atoms with van der Waals surface area (Å²) in [6.07, 6.45) is 6.47. The van der Waals surface area contributed by atoms with Crippen LogP contribution in [0.15, 0.2) is 54.6 Å². The van der Waals surface area contributed by atoms with E-state index in [4.69, 9.17) is 10.5 Å². The molecule has 3 aliphatic carbocycles. The Balaban J connectivity index is 1.04. The molecule has 1 aromatic heterocycles. The molecule has 2 heterocycles. The summed E-state index contributed by atoms with van der Waals surface area (Å²) in [6.45, 7) is 9.74. The molecule has 3 amide bonds. The van der Waals surface area contributed by atoms with Crippen molar-refractivity contribution in [1.82, 2.24) is 19.6 Å². The summed E-state index contributed by atoms with van der Waals surface area (Å²) >= 11 is 0. The van der Waals surface area contributed by atoms with Gasteiger partial charge in [0, 0.05) is 37.3 Å². The van der Waals surface area contributed by atoms with Crippen molar-refractivity contribution in [1.29, 1.82) is 0 Å². The van der Waals surface area contributed by atoms with Crippen molar-refractivity contribution in [3.63, 3.8) is 0 Å². The lowest BCUT2D eigenvalue weighted by Crippen LogP contribution is -2.57. The molecule has 9 nitrogen and oxygen atoms in total. The van der Waals surface area contributed by atoms with Crippen molar-refractivity contribution < 1.29 is 19.1 Å². The van der Waals surface area contributed by atoms with E-state index in [2.05, 4.69) is 41.5 Å². The SMILES string of the molecule is Cc1cc(C(N)=O)nn1-c1ccc(Cc2ccc(C34CCC(C(=O)N5CCN(C(=O)OC(C)(C)C)CC5)(CC3)CC4)cc2)cc1. The minimum atomic E-state index is -0.530. The zero-order valence-corrected chi connectivity index (χ0v) is 27.0. The van der Waals surface area contributed by atoms with Crippen LogP contribution in [0.3, 0.4) is 0 Å². The number of hydrogen-bond acceptors (Lipinski definition) is 5. The number of benzene rings is 2. The fourth-order valence-electron chi connectivity index (χ4n) is 7.52. The number of fused-ring (bicyclic) bond motifs is 3. The van der Waals surface area contributed by atoms with Gasteiger partial charge in [0.05, 0.1) is 5.69 Å². The smallest absolute Gasteiger partial charge is 0.410 e. The number of carbonyl (C=O) groups excluding carboxylic acids is 3. The number of aryl methyl sites for hydroxylation is 1. The van der Waals surface area contributed by atoms with Crippen LogP contribution in [0.4, 0.5) is 4.79 Å². The Labute approximate surface area is 265 Å². The van der Waals surface area contributed by atoms with Crippen LogP contribution in [0.2, 0.25) is 0 Å². The van der Waals surface area contributed by atoms with E-state index < -0.39 is 11.5 Å². The van der Waals surface area contributed by atoms with Crippen molar-refractivity contribution in [2.45, 2.75) is 83.7 Å². The summed E-state index contributed by atoms with van der Waals surface area (Å²) < 4.78 is 7.26. The number of nitrogens with zero attached hydrogens (tertiary/aromatic N) is 4. The first-order chi connectivity index (χ1) is 21.4. The molecule has 1 aliphatic heterocycles. The van der Waals surface area contributed by atoms with E-state index in [0.29, 0.717) is 26.2 Å². The molecule has 3 saturated carbocycles. The predicted octanol–water partition coefficient (Wildman–Crippen LogP) is 5.54. The molecule has 2 aromatic carbocycles. The standard InChI is InChI=1S/C36H45N5O4/c1-25-23-30(31(37)42)38-41(25)29-11-7-27(8-12-29)24-26-5-9-28(10-6-26)35-13-16-36(17-14-35,18-15-35)32(43)39-19-21-40(22-20-39)33(44)45-34(2,3)4/h5-12,23H,13-22,24H2,1-4H3,(H2,37,42). The van der Waals surface area contributed by atoms with Gasteiger partial charge < -0.3 is 20.3 Å². The Kier molecular flexibility index (Phi) is 8.00.